The van der Waals surface area contributed by atoms with Crippen LogP contribution in [0.5, 0.6) is 0 Å². The first-order valence-corrected chi connectivity index (χ1v) is 7.58. The Kier molecular flexibility index (Phi) is 5.59. The maximum atomic E-state index is 12.3. The summed E-state index contributed by atoms with van der Waals surface area (Å²) in [5, 5.41) is 0. The third kappa shape index (κ3) is 4.46. The molecule has 0 saturated heterocycles. The fourth-order valence-electron chi connectivity index (χ4n) is 2.90. The molecule has 104 valence electrons. The van der Waals surface area contributed by atoms with Gasteiger partial charge in [-0.3, -0.25) is 9.69 Å². The van der Waals surface area contributed by atoms with E-state index in [1.165, 1.54) is 24.8 Å². The zero-order valence-electron chi connectivity index (χ0n) is 12.0. The van der Waals surface area contributed by atoms with E-state index in [4.69, 9.17) is 0 Å². The summed E-state index contributed by atoms with van der Waals surface area (Å²) in [6.45, 7) is 4.58. The maximum absolute atomic E-state index is 12.3. The number of rotatable bonds is 6. The number of ketones is 1. The lowest BCUT2D eigenvalue weighted by atomic mass is 9.86. The van der Waals surface area contributed by atoms with Crippen molar-refractivity contribution in [1.29, 1.82) is 0 Å². The van der Waals surface area contributed by atoms with Gasteiger partial charge in [0.2, 0.25) is 0 Å². The average Bonchev–Trinajstić information content (AvgIpc) is 2.48. The van der Waals surface area contributed by atoms with E-state index in [0.29, 0.717) is 18.2 Å². The van der Waals surface area contributed by atoms with Gasteiger partial charge in [0, 0.05) is 12.5 Å². The van der Waals surface area contributed by atoms with Gasteiger partial charge in [0.25, 0.3) is 0 Å². The monoisotopic (exact) mass is 259 g/mol. The zero-order chi connectivity index (χ0) is 13.5. The Morgan fingerprint density at radius 1 is 1.16 bits per heavy atom. The van der Waals surface area contributed by atoms with Crippen molar-refractivity contribution in [1.82, 2.24) is 4.90 Å². The van der Waals surface area contributed by atoms with Crippen LogP contribution in [0.4, 0.5) is 0 Å². The second kappa shape index (κ2) is 7.44. The number of hydrogen-bond acceptors (Lipinski definition) is 2. The molecule has 1 aromatic carbocycles. The second-order valence-electron chi connectivity index (χ2n) is 5.59. The number of hydrogen-bond donors (Lipinski definition) is 0. The molecule has 2 rings (SSSR count). The Hall–Kier alpha value is -1.15. The number of benzene rings is 1. The van der Waals surface area contributed by atoms with Crippen molar-refractivity contribution in [3.63, 3.8) is 0 Å². The summed E-state index contributed by atoms with van der Waals surface area (Å²) in [6.07, 6.45) is 6.01. The molecule has 0 N–H and O–H groups in total. The van der Waals surface area contributed by atoms with Crippen LogP contribution in [0.3, 0.4) is 0 Å². The van der Waals surface area contributed by atoms with Gasteiger partial charge < -0.3 is 0 Å². The van der Waals surface area contributed by atoms with E-state index in [-0.39, 0.29) is 0 Å². The minimum Gasteiger partial charge on any atom is -0.298 e. The van der Waals surface area contributed by atoms with Gasteiger partial charge in [0.05, 0.1) is 6.54 Å². The minimum atomic E-state index is 0.332. The molecule has 0 aliphatic heterocycles. The van der Waals surface area contributed by atoms with Crippen molar-refractivity contribution in [2.45, 2.75) is 45.6 Å². The van der Waals surface area contributed by atoms with Crippen LogP contribution in [0.2, 0.25) is 0 Å². The highest BCUT2D eigenvalue weighted by atomic mass is 16.1. The van der Waals surface area contributed by atoms with Crippen LogP contribution in [-0.2, 0) is 11.3 Å². The minimum absolute atomic E-state index is 0.332. The number of Topliss-reactive ketones (excluding diaryl/α,β-unsaturated/α-hetero) is 1. The summed E-state index contributed by atoms with van der Waals surface area (Å²) in [5.74, 6) is 0.788. The summed E-state index contributed by atoms with van der Waals surface area (Å²) in [6, 6.07) is 10.4. The largest absolute Gasteiger partial charge is 0.298 e. The SMILES string of the molecule is CCN(CC(=O)C1CCCCC1)Cc1ccccc1. The summed E-state index contributed by atoms with van der Waals surface area (Å²) in [4.78, 5) is 14.6. The fraction of sp³-hybridized carbons (Fsp3) is 0.588. The molecule has 0 amide bonds. The van der Waals surface area contributed by atoms with E-state index in [1.807, 2.05) is 6.07 Å². The molecule has 1 aliphatic carbocycles. The van der Waals surface area contributed by atoms with E-state index >= 15 is 0 Å². The number of carbonyl (C=O) groups excluding carboxylic acids is 1. The molecule has 0 aromatic heterocycles. The van der Waals surface area contributed by atoms with Gasteiger partial charge in [0.15, 0.2) is 0 Å². The molecule has 2 heteroatoms. The van der Waals surface area contributed by atoms with Crippen LogP contribution in [0.1, 0.15) is 44.6 Å². The Balaban J connectivity index is 1.86. The number of nitrogens with zero attached hydrogens (tertiary/aromatic N) is 1. The van der Waals surface area contributed by atoms with Gasteiger partial charge in [-0.05, 0) is 24.9 Å². The van der Waals surface area contributed by atoms with Gasteiger partial charge in [0.1, 0.15) is 5.78 Å². The lowest BCUT2D eigenvalue weighted by molar-refractivity contribution is -0.125. The predicted octanol–water partition coefficient (Wildman–Crippen LogP) is 3.66. The predicted molar refractivity (Wildman–Crippen MR) is 79.0 cm³/mol. The topological polar surface area (TPSA) is 20.3 Å². The molecule has 1 saturated carbocycles. The third-order valence-corrected chi connectivity index (χ3v) is 4.14. The zero-order valence-corrected chi connectivity index (χ0v) is 12.0. The first-order valence-electron chi connectivity index (χ1n) is 7.58. The molecular formula is C17H25NO. The average molecular weight is 259 g/mol. The summed E-state index contributed by atoms with van der Waals surface area (Å²) >= 11 is 0. The summed E-state index contributed by atoms with van der Waals surface area (Å²) < 4.78 is 0. The number of carbonyl (C=O) groups is 1. The van der Waals surface area contributed by atoms with E-state index in [0.717, 1.165) is 25.9 Å². The fourth-order valence-corrected chi connectivity index (χ4v) is 2.90. The van der Waals surface area contributed by atoms with Gasteiger partial charge in [-0.15, -0.1) is 0 Å². The first kappa shape index (κ1) is 14.3. The normalized spacial score (nSPS) is 16.7. The van der Waals surface area contributed by atoms with Gasteiger partial charge >= 0.3 is 0 Å². The van der Waals surface area contributed by atoms with Crippen LogP contribution < -0.4 is 0 Å². The van der Waals surface area contributed by atoms with Crippen molar-refractivity contribution in [3.8, 4) is 0 Å². The molecule has 0 spiro atoms. The lowest BCUT2D eigenvalue weighted by Gasteiger charge is -2.25. The van der Waals surface area contributed by atoms with E-state index < -0.39 is 0 Å². The molecule has 0 unspecified atom stereocenters. The molecule has 0 atom stereocenters. The van der Waals surface area contributed by atoms with Crippen molar-refractivity contribution in [2.24, 2.45) is 5.92 Å². The van der Waals surface area contributed by atoms with Crippen LogP contribution in [0.25, 0.3) is 0 Å². The van der Waals surface area contributed by atoms with Crippen LogP contribution in [-0.4, -0.2) is 23.8 Å². The quantitative estimate of drug-likeness (QED) is 0.777. The molecule has 2 nitrogen and oxygen atoms in total. The van der Waals surface area contributed by atoms with Gasteiger partial charge in [-0.1, -0.05) is 56.5 Å². The lowest BCUT2D eigenvalue weighted by Crippen LogP contribution is -2.33. The smallest absolute Gasteiger partial charge is 0.149 e. The van der Waals surface area contributed by atoms with Gasteiger partial charge in [-0.2, -0.15) is 0 Å². The Morgan fingerprint density at radius 3 is 2.47 bits per heavy atom. The van der Waals surface area contributed by atoms with Crippen molar-refractivity contribution < 1.29 is 4.79 Å². The second-order valence-corrected chi connectivity index (χ2v) is 5.59. The first-order chi connectivity index (χ1) is 9.29. The van der Waals surface area contributed by atoms with E-state index in [9.17, 15) is 4.79 Å². The Morgan fingerprint density at radius 2 is 1.84 bits per heavy atom. The van der Waals surface area contributed by atoms with Crippen molar-refractivity contribution in [3.05, 3.63) is 35.9 Å². The standard InChI is InChI=1S/C17H25NO/c1-2-18(13-15-9-5-3-6-10-15)14-17(19)16-11-7-4-8-12-16/h3,5-6,9-10,16H,2,4,7-8,11-14H2,1H3. The highest BCUT2D eigenvalue weighted by Crippen LogP contribution is 2.24. The highest BCUT2D eigenvalue weighted by molar-refractivity contribution is 5.83. The molecular weight excluding hydrogens is 234 g/mol. The van der Waals surface area contributed by atoms with Crippen molar-refractivity contribution >= 4 is 5.78 Å². The molecule has 0 heterocycles. The van der Waals surface area contributed by atoms with Crippen LogP contribution in [0, 0.1) is 5.92 Å². The maximum Gasteiger partial charge on any atom is 0.149 e. The molecule has 19 heavy (non-hydrogen) atoms. The Bertz CT molecular complexity index is 382. The van der Waals surface area contributed by atoms with Crippen LogP contribution in [0.15, 0.2) is 30.3 Å². The third-order valence-electron chi connectivity index (χ3n) is 4.14. The molecule has 1 fully saturated rings. The Labute approximate surface area is 116 Å². The van der Waals surface area contributed by atoms with E-state index in [1.54, 1.807) is 0 Å². The highest BCUT2D eigenvalue weighted by Gasteiger charge is 2.22. The molecule has 1 aromatic rings. The van der Waals surface area contributed by atoms with Crippen molar-refractivity contribution in [2.75, 3.05) is 13.1 Å². The summed E-state index contributed by atoms with van der Waals surface area (Å²) in [7, 11) is 0. The van der Waals surface area contributed by atoms with E-state index in [2.05, 4.69) is 36.1 Å². The van der Waals surface area contributed by atoms with Gasteiger partial charge in [-0.25, -0.2) is 0 Å². The molecule has 0 radical (unpaired) electrons. The summed E-state index contributed by atoms with van der Waals surface area (Å²) in [5.41, 5.74) is 1.29. The molecule has 1 aliphatic rings. The molecule has 0 bridgehead atoms. The van der Waals surface area contributed by atoms with Crippen LogP contribution >= 0.6 is 0 Å². The number of likely N-dealkylation sites (N-methyl/N-ethyl adjacent to an activating group) is 1.